The molecule has 2 aromatic rings. The highest BCUT2D eigenvalue weighted by atomic mass is 32.2. The molecule has 1 heterocycles. The number of rotatable bonds is 4. The van der Waals surface area contributed by atoms with Gasteiger partial charge < -0.3 is 10.4 Å². The minimum absolute atomic E-state index is 0. The van der Waals surface area contributed by atoms with Gasteiger partial charge >= 0.3 is 0 Å². The lowest BCUT2D eigenvalue weighted by Crippen LogP contribution is -2.40. The number of hydrogen-bond acceptors (Lipinski definition) is 4. The molecule has 1 aliphatic heterocycles. The Balaban J connectivity index is 0.00000320. The molecule has 6 nitrogen and oxygen atoms in total. The van der Waals surface area contributed by atoms with E-state index >= 15 is 0 Å². The third-order valence-corrected chi connectivity index (χ3v) is 6.77. The Bertz CT molecular complexity index is 1030. The molecule has 10 heteroatoms. The van der Waals surface area contributed by atoms with E-state index in [-0.39, 0.29) is 30.7 Å². The molecule has 1 aliphatic rings. The molecule has 0 spiro atoms. The first-order valence-electron chi connectivity index (χ1n) is 8.84. The first kappa shape index (κ1) is 21.3. The largest absolute Gasteiger partial charge is 0.393 e. The lowest BCUT2D eigenvalue weighted by Gasteiger charge is -2.29. The van der Waals surface area contributed by atoms with Crippen LogP contribution in [0, 0.1) is 24.4 Å². The van der Waals surface area contributed by atoms with Crippen molar-refractivity contribution in [2.75, 3.05) is 18.4 Å². The Morgan fingerprint density at radius 3 is 2.31 bits per heavy atom. The standard InChI is InChI=1S/C19H19F3N2O4S.H2/c1-11-2-3-12(19(26)23-13-9-15(20)18(22)16(21)10-13)8-17(11)29(27,28)24-6-4-14(25)5-7-24;/h2-3,8-10,14,25H,4-7H2,1H3,(H,23,26);1H. The van der Waals surface area contributed by atoms with Crippen LogP contribution < -0.4 is 5.32 Å². The monoisotopic (exact) mass is 430 g/mol. The maximum atomic E-state index is 13.3. The van der Waals surface area contributed by atoms with Crippen molar-refractivity contribution >= 4 is 21.6 Å². The maximum Gasteiger partial charge on any atom is 0.255 e. The summed E-state index contributed by atoms with van der Waals surface area (Å²) < 4.78 is 66.8. The number of aliphatic hydroxyl groups is 1. The summed E-state index contributed by atoms with van der Waals surface area (Å²) in [5.41, 5.74) is 0.0734. The topological polar surface area (TPSA) is 86.7 Å². The van der Waals surface area contributed by atoms with E-state index in [1.807, 2.05) is 0 Å². The molecule has 1 saturated heterocycles. The molecule has 2 N–H and O–H groups in total. The Labute approximate surface area is 167 Å². The summed E-state index contributed by atoms with van der Waals surface area (Å²) in [6.07, 6.45) is 0.0940. The third kappa shape index (κ3) is 4.44. The van der Waals surface area contributed by atoms with Crippen molar-refractivity contribution in [3.8, 4) is 0 Å². The van der Waals surface area contributed by atoms with Gasteiger partial charge in [0, 0.05) is 37.9 Å². The molecule has 0 atom stereocenters. The summed E-state index contributed by atoms with van der Waals surface area (Å²) in [7, 11) is -3.89. The van der Waals surface area contributed by atoms with Gasteiger partial charge in [-0.3, -0.25) is 4.79 Å². The van der Waals surface area contributed by atoms with E-state index < -0.39 is 39.5 Å². The molecule has 2 aromatic carbocycles. The van der Waals surface area contributed by atoms with Crippen molar-refractivity contribution in [1.82, 2.24) is 4.31 Å². The minimum atomic E-state index is -3.89. The Morgan fingerprint density at radius 2 is 1.72 bits per heavy atom. The first-order chi connectivity index (χ1) is 13.6. The molecular formula is C19H21F3N2O4S. The zero-order valence-corrected chi connectivity index (χ0v) is 16.3. The van der Waals surface area contributed by atoms with E-state index in [9.17, 15) is 31.5 Å². The van der Waals surface area contributed by atoms with Crippen molar-refractivity contribution in [3.63, 3.8) is 0 Å². The summed E-state index contributed by atoms with van der Waals surface area (Å²) in [6.45, 7) is 1.90. The molecule has 0 aromatic heterocycles. The lowest BCUT2D eigenvalue weighted by atomic mass is 10.1. The number of piperidine rings is 1. The van der Waals surface area contributed by atoms with Gasteiger partial charge in [-0.15, -0.1) is 0 Å². The number of amides is 1. The molecule has 0 radical (unpaired) electrons. The number of aryl methyl sites for hydroxylation is 1. The quantitative estimate of drug-likeness (QED) is 0.730. The average molecular weight is 430 g/mol. The molecule has 0 aliphatic carbocycles. The van der Waals surface area contributed by atoms with Crippen LogP contribution >= 0.6 is 0 Å². The summed E-state index contributed by atoms with van der Waals surface area (Å²) >= 11 is 0. The van der Waals surface area contributed by atoms with E-state index in [1.165, 1.54) is 22.5 Å². The predicted molar refractivity (Wildman–Crippen MR) is 102 cm³/mol. The average Bonchev–Trinajstić information content (AvgIpc) is 2.66. The first-order valence-corrected chi connectivity index (χ1v) is 10.3. The van der Waals surface area contributed by atoms with Gasteiger partial charge in [-0.1, -0.05) is 6.07 Å². The highest BCUT2D eigenvalue weighted by molar-refractivity contribution is 7.89. The lowest BCUT2D eigenvalue weighted by molar-refractivity contribution is 0.102. The molecule has 0 bridgehead atoms. The fourth-order valence-electron chi connectivity index (χ4n) is 3.07. The predicted octanol–water partition coefficient (Wildman–Crippen LogP) is 3.06. The van der Waals surface area contributed by atoms with Crippen LogP contribution in [0.1, 0.15) is 30.2 Å². The van der Waals surface area contributed by atoms with Crippen molar-refractivity contribution in [2.45, 2.75) is 30.8 Å². The van der Waals surface area contributed by atoms with Crippen molar-refractivity contribution in [1.29, 1.82) is 0 Å². The SMILES string of the molecule is Cc1ccc(C(=O)Nc2cc(F)c(F)c(F)c2)cc1S(=O)(=O)N1CCC(O)CC1.[HH]. The number of anilines is 1. The number of nitrogens with one attached hydrogen (secondary N) is 1. The van der Waals surface area contributed by atoms with Crippen molar-refractivity contribution in [2.24, 2.45) is 0 Å². The molecule has 158 valence electrons. The van der Waals surface area contributed by atoms with Crippen LogP contribution in [-0.4, -0.2) is 42.9 Å². The van der Waals surface area contributed by atoms with E-state index in [4.69, 9.17) is 0 Å². The number of nitrogens with zero attached hydrogens (tertiary/aromatic N) is 1. The van der Waals surface area contributed by atoms with Crippen molar-refractivity contribution in [3.05, 3.63) is 58.9 Å². The van der Waals surface area contributed by atoms with Crippen LogP contribution in [0.4, 0.5) is 18.9 Å². The molecule has 3 rings (SSSR count). The van der Waals surface area contributed by atoms with Crippen LogP contribution in [0.5, 0.6) is 0 Å². The van der Waals surface area contributed by atoms with Crippen LogP contribution in [0.25, 0.3) is 0 Å². The number of carbonyl (C=O) groups excluding carboxylic acids is 1. The number of carbonyl (C=O) groups is 1. The summed E-state index contributed by atoms with van der Waals surface area (Å²) in [4.78, 5) is 12.4. The summed E-state index contributed by atoms with van der Waals surface area (Å²) in [5.74, 6) is -5.38. The smallest absolute Gasteiger partial charge is 0.255 e. The van der Waals surface area contributed by atoms with E-state index in [2.05, 4.69) is 5.32 Å². The van der Waals surface area contributed by atoms with Gasteiger partial charge in [0.1, 0.15) is 0 Å². The summed E-state index contributed by atoms with van der Waals surface area (Å²) in [6, 6.07) is 5.26. The van der Waals surface area contributed by atoms with Crippen LogP contribution in [-0.2, 0) is 10.0 Å². The number of hydrogen-bond donors (Lipinski definition) is 2. The van der Waals surface area contributed by atoms with Crippen molar-refractivity contribution < 1.29 is 32.9 Å². The van der Waals surface area contributed by atoms with E-state index in [0.717, 1.165) is 0 Å². The molecule has 29 heavy (non-hydrogen) atoms. The van der Waals surface area contributed by atoms with Crippen LogP contribution in [0.3, 0.4) is 0 Å². The normalized spacial score (nSPS) is 16.0. The van der Waals surface area contributed by atoms with Crippen LogP contribution in [0.2, 0.25) is 0 Å². The number of benzene rings is 2. The van der Waals surface area contributed by atoms with Crippen LogP contribution in [0.15, 0.2) is 35.2 Å². The van der Waals surface area contributed by atoms with Gasteiger partial charge in [0.05, 0.1) is 11.0 Å². The fourth-order valence-corrected chi connectivity index (χ4v) is 4.79. The maximum absolute atomic E-state index is 13.3. The third-order valence-electron chi connectivity index (χ3n) is 4.73. The summed E-state index contributed by atoms with van der Waals surface area (Å²) in [5, 5.41) is 11.8. The molecule has 0 unspecified atom stereocenters. The zero-order valence-electron chi connectivity index (χ0n) is 15.5. The highest BCUT2D eigenvalue weighted by Crippen LogP contribution is 2.25. The van der Waals surface area contributed by atoms with E-state index in [1.54, 1.807) is 6.92 Å². The minimum Gasteiger partial charge on any atom is -0.393 e. The van der Waals surface area contributed by atoms with Gasteiger partial charge in [0.15, 0.2) is 17.5 Å². The Hall–Kier alpha value is -2.43. The number of aliphatic hydroxyl groups excluding tert-OH is 1. The van der Waals surface area contributed by atoms with Gasteiger partial charge in [-0.05, 0) is 37.5 Å². The number of halogens is 3. The molecule has 0 saturated carbocycles. The van der Waals surface area contributed by atoms with Gasteiger partial charge in [0.2, 0.25) is 10.0 Å². The molecule has 1 amide bonds. The second-order valence-electron chi connectivity index (χ2n) is 6.82. The Kier molecular flexibility index (Phi) is 5.97. The fraction of sp³-hybridized carbons (Fsp3) is 0.316. The Morgan fingerprint density at radius 1 is 1.14 bits per heavy atom. The van der Waals surface area contributed by atoms with Gasteiger partial charge in [-0.25, -0.2) is 21.6 Å². The van der Waals surface area contributed by atoms with E-state index in [0.29, 0.717) is 30.5 Å². The highest BCUT2D eigenvalue weighted by Gasteiger charge is 2.30. The zero-order chi connectivity index (χ0) is 21.3. The second-order valence-corrected chi connectivity index (χ2v) is 8.73. The molecule has 1 fully saturated rings. The molecular weight excluding hydrogens is 409 g/mol. The number of sulfonamides is 1. The van der Waals surface area contributed by atoms with Gasteiger partial charge in [-0.2, -0.15) is 4.31 Å². The second kappa shape index (κ2) is 8.13. The van der Waals surface area contributed by atoms with Gasteiger partial charge in [0.25, 0.3) is 5.91 Å².